The molecule has 0 atom stereocenters. The average molecular weight is 773 g/mol. The Labute approximate surface area is 320 Å². The van der Waals surface area contributed by atoms with Crippen molar-refractivity contribution in [1.82, 2.24) is 30.1 Å². The molecule has 3 aliphatic heterocycles. The number of methoxy groups -OCH3 is 1. The van der Waals surface area contributed by atoms with Crippen LogP contribution in [0.5, 0.6) is 5.75 Å². The monoisotopic (exact) mass is 772 g/mol. The van der Waals surface area contributed by atoms with E-state index in [0.29, 0.717) is 46.6 Å². The SMILES string of the molecule is COc1cc(N2CCC(N3CCN(Cc4ccc(N5CCC(=O)NC5=O)nc4)CC3)CC2)ccc1Nc1ncc(Cl)c(Nc2ccccc2P(C)(C)=O)n1. The number of nitrogens with zero attached hydrogens (tertiary/aromatic N) is 7. The van der Waals surface area contributed by atoms with Crippen LogP contribution >= 0.6 is 18.7 Å². The molecule has 0 aliphatic carbocycles. The smallest absolute Gasteiger partial charge is 0.329 e. The Morgan fingerprint density at radius 3 is 2.39 bits per heavy atom. The number of ether oxygens (including phenoxy) is 1. The number of aromatic nitrogens is 3. The molecule has 3 amide bonds. The van der Waals surface area contributed by atoms with E-state index in [0.717, 1.165) is 80.9 Å². The number of hydrogen-bond acceptors (Lipinski definition) is 12. The molecule has 3 N–H and O–H groups in total. The van der Waals surface area contributed by atoms with Crippen molar-refractivity contribution in [3.05, 3.63) is 77.6 Å². The lowest BCUT2D eigenvalue weighted by Gasteiger charge is -2.43. The number of carbonyl (C=O) groups excluding carboxylic acids is 2. The van der Waals surface area contributed by atoms with Crippen molar-refractivity contribution in [3.63, 3.8) is 0 Å². The maximum absolute atomic E-state index is 12.9. The van der Waals surface area contributed by atoms with E-state index < -0.39 is 13.2 Å². The van der Waals surface area contributed by atoms with Crippen molar-refractivity contribution in [3.8, 4) is 5.75 Å². The number of urea groups is 1. The second kappa shape index (κ2) is 16.3. The number of anilines is 6. The minimum Gasteiger partial charge on any atom is -0.494 e. The van der Waals surface area contributed by atoms with E-state index in [1.807, 2.05) is 48.7 Å². The molecule has 0 unspecified atom stereocenters. The molecule has 2 aromatic heterocycles. The molecular formula is C38H46ClN10O4P. The first-order chi connectivity index (χ1) is 26.0. The minimum absolute atomic E-state index is 0.250. The first-order valence-corrected chi connectivity index (χ1v) is 21.2. The van der Waals surface area contributed by atoms with E-state index in [-0.39, 0.29) is 12.3 Å². The van der Waals surface area contributed by atoms with Gasteiger partial charge in [-0.2, -0.15) is 4.98 Å². The van der Waals surface area contributed by atoms with Gasteiger partial charge >= 0.3 is 6.03 Å². The van der Waals surface area contributed by atoms with Crippen molar-refractivity contribution in [2.24, 2.45) is 0 Å². The predicted octanol–water partition coefficient (Wildman–Crippen LogP) is 5.50. The van der Waals surface area contributed by atoms with E-state index in [1.54, 1.807) is 20.4 Å². The molecule has 0 spiro atoms. The largest absolute Gasteiger partial charge is 0.494 e. The summed E-state index contributed by atoms with van der Waals surface area (Å²) in [7, 11) is -0.885. The number of carbonyl (C=O) groups is 2. The third kappa shape index (κ3) is 8.79. The second-order valence-electron chi connectivity index (χ2n) is 14.2. The van der Waals surface area contributed by atoms with Crippen LogP contribution in [0.2, 0.25) is 5.02 Å². The highest BCUT2D eigenvalue weighted by Crippen LogP contribution is 2.39. The van der Waals surface area contributed by atoms with Crippen molar-refractivity contribution < 1.29 is 18.9 Å². The van der Waals surface area contributed by atoms with E-state index in [1.165, 1.54) is 11.1 Å². The van der Waals surface area contributed by atoms with E-state index in [4.69, 9.17) is 16.3 Å². The summed E-state index contributed by atoms with van der Waals surface area (Å²) in [4.78, 5) is 46.2. The van der Waals surface area contributed by atoms with Gasteiger partial charge in [-0.05, 0) is 62.1 Å². The molecule has 3 aliphatic rings. The molecular weight excluding hydrogens is 727 g/mol. The van der Waals surface area contributed by atoms with Gasteiger partial charge in [-0.1, -0.05) is 29.8 Å². The number of piperazine rings is 1. The van der Waals surface area contributed by atoms with Crippen LogP contribution in [-0.2, 0) is 15.9 Å². The number of nitrogens with one attached hydrogen (secondary N) is 3. The van der Waals surface area contributed by atoms with Gasteiger partial charge in [0, 0.05) is 88.1 Å². The number of pyridine rings is 1. The number of rotatable bonds is 11. The van der Waals surface area contributed by atoms with Gasteiger partial charge in [-0.3, -0.25) is 24.8 Å². The van der Waals surface area contributed by atoms with E-state index in [9.17, 15) is 14.2 Å². The third-order valence-corrected chi connectivity index (χ3v) is 12.0. The Kier molecular flexibility index (Phi) is 11.4. The number of amides is 3. The van der Waals surface area contributed by atoms with Gasteiger partial charge in [0.15, 0.2) is 5.82 Å². The van der Waals surface area contributed by atoms with Gasteiger partial charge < -0.3 is 24.8 Å². The van der Waals surface area contributed by atoms with Crippen molar-refractivity contribution in [2.45, 2.75) is 31.8 Å². The molecule has 0 saturated carbocycles. The first-order valence-electron chi connectivity index (χ1n) is 18.2. The van der Waals surface area contributed by atoms with Gasteiger partial charge in [-0.15, -0.1) is 0 Å². The zero-order valence-electron chi connectivity index (χ0n) is 30.8. The molecule has 2 aromatic carbocycles. The molecule has 4 aromatic rings. The lowest BCUT2D eigenvalue weighted by Crippen LogP contribution is -2.53. The van der Waals surface area contributed by atoms with Crippen LogP contribution in [0.15, 0.2) is 67.0 Å². The molecule has 54 heavy (non-hydrogen) atoms. The van der Waals surface area contributed by atoms with Crippen LogP contribution in [0.4, 0.5) is 39.4 Å². The van der Waals surface area contributed by atoms with Crippen molar-refractivity contribution >= 4 is 70.6 Å². The quantitative estimate of drug-likeness (QED) is 0.165. The summed E-state index contributed by atoms with van der Waals surface area (Å²) in [5, 5.41) is 9.94. The lowest BCUT2D eigenvalue weighted by atomic mass is 10.0. The number of imide groups is 1. The highest BCUT2D eigenvalue weighted by atomic mass is 35.5. The highest BCUT2D eigenvalue weighted by molar-refractivity contribution is 7.70. The molecule has 3 saturated heterocycles. The van der Waals surface area contributed by atoms with Crippen LogP contribution in [0, 0.1) is 0 Å². The van der Waals surface area contributed by atoms with Crippen LogP contribution < -0.4 is 35.8 Å². The third-order valence-electron chi connectivity index (χ3n) is 10.2. The fourth-order valence-corrected chi connectivity index (χ4v) is 8.57. The molecule has 0 radical (unpaired) electrons. The summed E-state index contributed by atoms with van der Waals surface area (Å²) >= 11 is 6.47. The summed E-state index contributed by atoms with van der Waals surface area (Å²) < 4.78 is 18.7. The van der Waals surface area contributed by atoms with Crippen molar-refractivity contribution in [1.29, 1.82) is 0 Å². The normalized spacial score (nSPS) is 17.7. The van der Waals surface area contributed by atoms with Crippen molar-refractivity contribution in [2.75, 3.05) is 86.7 Å². The van der Waals surface area contributed by atoms with Crippen LogP contribution in [0.3, 0.4) is 0 Å². The Bertz CT molecular complexity index is 2030. The van der Waals surface area contributed by atoms with Gasteiger partial charge in [-0.25, -0.2) is 14.8 Å². The van der Waals surface area contributed by atoms with Crippen LogP contribution in [-0.4, -0.2) is 109 Å². The molecule has 14 nitrogen and oxygen atoms in total. The van der Waals surface area contributed by atoms with E-state index in [2.05, 4.69) is 57.7 Å². The zero-order valence-corrected chi connectivity index (χ0v) is 32.4. The predicted molar refractivity (Wildman–Crippen MR) is 214 cm³/mol. The second-order valence-corrected chi connectivity index (χ2v) is 17.8. The Balaban J connectivity index is 0.902. The molecule has 5 heterocycles. The molecule has 0 bridgehead atoms. The Hall–Kier alpha value is -4.75. The number of hydrogen-bond donors (Lipinski definition) is 3. The standard InChI is InChI=1S/C38H46ClN10O4P/c1-53-32-22-28(9-10-30(32)43-37-41-24-29(39)36(45-37)42-31-6-4-5-7-33(31)54(2,3)52)47-15-12-27(13-16-47)48-20-18-46(19-21-48)25-26-8-11-34(40-23-26)49-17-14-35(50)44-38(49)51/h4-11,22-24,27H,12-21,25H2,1-3H3,(H,44,50,51)(H2,41,42,43,45). The summed E-state index contributed by atoms with van der Waals surface area (Å²) in [6.45, 7) is 10.6. The highest BCUT2D eigenvalue weighted by Gasteiger charge is 2.29. The summed E-state index contributed by atoms with van der Waals surface area (Å²) in [5.74, 6) is 1.75. The van der Waals surface area contributed by atoms with Crippen LogP contribution in [0.1, 0.15) is 24.8 Å². The molecule has 7 rings (SSSR count). The Morgan fingerprint density at radius 1 is 0.907 bits per heavy atom. The maximum atomic E-state index is 12.9. The van der Waals surface area contributed by atoms with Gasteiger partial charge in [0.2, 0.25) is 11.9 Å². The summed E-state index contributed by atoms with van der Waals surface area (Å²) in [5.41, 5.74) is 3.63. The van der Waals surface area contributed by atoms with Gasteiger partial charge in [0.1, 0.15) is 23.7 Å². The minimum atomic E-state index is -2.54. The summed E-state index contributed by atoms with van der Waals surface area (Å²) in [6.07, 6.45) is 5.83. The lowest BCUT2D eigenvalue weighted by molar-refractivity contribution is -0.120. The zero-order chi connectivity index (χ0) is 37.8. The fourth-order valence-electron chi connectivity index (χ4n) is 7.28. The molecule has 16 heteroatoms. The van der Waals surface area contributed by atoms with Gasteiger partial charge in [0.05, 0.1) is 24.7 Å². The number of para-hydroxylation sites is 1. The van der Waals surface area contributed by atoms with Crippen LogP contribution in [0.25, 0.3) is 0 Å². The topological polar surface area (TPSA) is 148 Å². The number of benzene rings is 2. The fraction of sp³-hybridized carbons (Fsp3) is 0.395. The molecule has 284 valence electrons. The maximum Gasteiger partial charge on any atom is 0.329 e. The summed E-state index contributed by atoms with van der Waals surface area (Å²) in [6, 6.07) is 17.6. The van der Waals surface area contributed by atoms with E-state index >= 15 is 0 Å². The average Bonchev–Trinajstić information content (AvgIpc) is 3.17. The first kappa shape index (κ1) is 37.6. The molecule has 3 fully saturated rings. The van der Waals surface area contributed by atoms with Gasteiger partial charge in [0.25, 0.3) is 0 Å². The Morgan fingerprint density at radius 2 is 1.69 bits per heavy atom. The number of piperidine rings is 1. The number of halogens is 1.